The van der Waals surface area contributed by atoms with Gasteiger partial charge in [0.1, 0.15) is 0 Å². The van der Waals surface area contributed by atoms with Crippen LogP contribution in [0, 0.1) is 0 Å². The van der Waals surface area contributed by atoms with Crippen LogP contribution in [0.2, 0.25) is 5.02 Å². The third-order valence-corrected chi connectivity index (χ3v) is 6.20. The summed E-state index contributed by atoms with van der Waals surface area (Å²) in [7, 11) is 0. The van der Waals surface area contributed by atoms with Crippen molar-refractivity contribution in [1.82, 2.24) is 4.98 Å². The van der Waals surface area contributed by atoms with Gasteiger partial charge in [-0.15, -0.1) is 11.3 Å². The lowest BCUT2D eigenvalue weighted by atomic mass is 10.1. The predicted octanol–water partition coefficient (Wildman–Crippen LogP) is 6.89. The average molecular weight is 573 g/mol. The second-order valence-corrected chi connectivity index (χ2v) is 9.71. The maximum atomic E-state index is 14.0. The highest BCUT2D eigenvalue weighted by molar-refractivity contribution is 7.14. The fourth-order valence-electron chi connectivity index (χ4n) is 3.44. The van der Waals surface area contributed by atoms with Gasteiger partial charge >= 0.3 is 17.9 Å². The number of amides is 1. The number of benzene rings is 2. The number of rotatable bonds is 12. The standard InChI is InChI=1S/C28H29ClN2O7S/c1-4-7-23(32)36-21-16-18(17-22(37-24(33)8-5-2)26(21)38-25(34)9-6-3)27(35)31(28-30-14-15-39-28)20-12-10-19(29)11-13-20/h10-17H,4-9H2,1-3H3. The zero-order chi connectivity index (χ0) is 28.4. The summed E-state index contributed by atoms with van der Waals surface area (Å²) in [6.45, 7) is 5.41. The van der Waals surface area contributed by atoms with Gasteiger partial charge in [0.2, 0.25) is 5.75 Å². The summed E-state index contributed by atoms with van der Waals surface area (Å²) in [5, 5.41) is 2.58. The molecule has 206 valence electrons. The van der Waals surface area contributed by atoms with Crippen molar-refractivity contribution >= 4 is 57.6 Å². The van der Waals surface area contributed by atoms with Crippen LogP contribution < -0.4 is 19.1 Å². The van der Waals surface area contributed by atoms with Gasteiger partial charge in [-0.1, -0.05) is 32.4 Å². The molecule has 9 nitrogen and oxygen atoms in total. The molecule has 0 saturated heterocycles. The monoisotopic (exact) mass is 572 g/mol. The van der Waals surface area contributed by atoms with Crippen molar-refractivity contribution in [2.24, 2.45) is 0 Å². The molecule has 3 aromatic rings. The van der Waals surface area contributed by atoms with Crippen molar-refractivity contribution in [1.29, 1.82) is 0 Å². The maximum Gasteiger partial charge on any atom is 0.311 e. The highest BCUT2D eigenvalue weighted by Gasteiger charge is 2.28. The van der Waals surface area contributed by atoms with Gasteiger partial charge in [0.25, 0.3) is 5.91 Å². The maximum absolute atomic E-state index is 14.0. The van der Waals surface area contributed by atoms with E-state index in [1.165, 1.54) is 28.4 Å². The van der Waals surface area contributed by atoms with E-state index < -0.39 is 23.8 Å². The molecule has 1 heterocycles. The van der Waals surface area contributed by atoms with Crippen LogP contribution in [0.25, 0.3) is 0 Å². The van der Waals surface area contributed by atoms with Crippen molar-refractivity contribution in [3.05, 3.63) is 58.6 Å². The molecule has 0 unspecified atom stereocenters. The molecule has 0 fully saturated rings. The number of esters is 3. The van der Waals surface area contributed by atoms with Gasteiger partial charge in [-0.25, -0.2) is 4.98 Å². The van der Waals surface area contributed by atoms with Gasteiger partial charge in [0, 0.05) is 41.4 Å². The number of hydrogen-bond acceptors (Lipinski definition) is 9. The molecule has 1 amide bonds. The summed E-state index contributed by atoms with van der Waals surface area (Å²) >= 11 is 7.29. The van der Waals surface area contributed by atoms with Crippen LogP contribution in [0.15, 0.2) is 48.0 Å². The molecular formula is C28H29ClN2O7S. The van der Waals surface area contributed by atoms with Gasteiger partial charge in [-0.05, 0) is 55.7 Å². The Morgan fingerprint density at radius 1 is 0.821 bits per heavy atom. The number of thiazole rings is 1. The Labute approximate surface area is 235 Å². The molecule has 0 aliphatic rings. The SMILES string of the molecule is CCCC(=O)Oc1cc(C(=O)N(c2ccc(Cl)cc2)c2nccs2)cc(OC(=O)CCC)c1OC(=O)CCC. The molecule has 0 bridgehead atoms. The zero-order valence-corrected chi connectivity index (χ0v) is 23.5. The van der Waals surface area contributed by atoms with Crippen LogP contribution in [-0.4, -0.2) is 28.8 Å². The Hall–Kier alpha value is -3.76. The molecule has 0 spiro atoms. The first-order valence-electron chi connectivity index (χ1n) is 12.6. The summed E-state index contributed by atoms with van der Waals surface area (Å²) in [5.41, 5.74) is 0.487. The van der Waals surface area contributed by atoms with Crippen LogP contribution in [0.5, 0.6) is 17.2 Å². The number of hydrogen-bond donors (Lipinski definition) is 0. The normalized spacial score (nSPS) is 10.6. The first-order chi connectivity index (χ1) is 18.8. The topological polar surface area (TPSA) is 112 Å². The number of halogens is 1. The molecule has 39 heavy (non-hydrogen) atoms. The van der Waals surface area contributed by atoms with E-state index in [0.717, 1.165) is 0 Å². The Morgan fingerprint density at radius 3 is 1.79 bits per heavy atom. The Morgan fingerprint density at radius 2 is 1.33 bits per heavy atom. The number of anilines is 2. The molecule has 2 aromatic carbocycles. The highest BCUT2D eigenvalue weighted by atomic mass is 35.5. The molecule has 0 aliphatic carbocycles. The molecule has 1 aromatic heterocycles. The number of carbonyl (C=O) groups is 4. The van der Waals surface area contributed by atoms with Crippen LogP contribution in [0.3, 0.4) is 0 Å². The van der Waals surface area contributed by atoms with Crippen molar-refractivity contribution in [2.45, 2.75) is 59.3 Å². The average Bonchev–Trinajstić information content (AvgIpc) is 3.42. The second kappa shape index (κ2) is 14.4. The van der Waals surface area contributed by atoms with Gasteiger partial charge in [0.15, 0.2) is 16.6 Å². The molecule has 3 rings (SSSR count). The van der Waals surface area contributed by atoms with Crippen LogP contribution in [0.1, 0.15) is 69.7 Å². The molecule has 0 saturated carbocycles. The van der Waals surface area contributed by atoms with Crippen molar-refractivity contribution in [3.63, 3.8) is 0 Å². The van der Waals surface area contributed by atoms with E-state index >= 15 is 0 Å². The van der Waals surface area contributed by atoms with E-state index in [1.807, 2.05) is 0 Å². The molecule has 0 radical (unpaired) electrons. The number of aromatic nitrogens is 1. The van der Waals surface area contributed by atoms with E-state index in [2.05, 4.69) is 4.98 Å². The van der Waals surface area contributed by atoms with Gasteiger partial charge in [-0.3, -0.25) is 24.1 Å². The van der Waals surface area contributed by atoms with Gasteiger partial charge in [0.05, 0.1) is 5.69 Å². The fourth-order valence-corrected chi connectivity index (χ4v) is 4.22. The smallest absolute Gasteiger partial charge is 0.311 e. The molecule has 0 aliphatic heterocycles. The summed E-state index contributed by atoms with van der Waals surface area (Å²) in [6.07, 6.45) is 3.34. The van der Waals surface area contributed by atoms with E-state index in [0.29, 0.717) is 35.1 Å². The molecule has 0 N–H and O–H groups in total. The second-order valence-electron chi connectivity index (χ2n) is 8.41. The fraction of sp³-hybridized carbons (Fsp3) is 0.321. The molecular weight excluding hydrogens is 544 g/mol. The van der Waals surface area contributed by atoms with E-state index in [9.17, 15) is 19.2 Å². The van der Waals surface area contributed by atoms with Crippen molar-refractivity contribution in [2.75, 3.05) is 4.90 Å². The summed E-state index contributed by atoms with van der Waals surface area (Å²) < 4.78 is 16.5. The van der Waals surface area contributed by atoms with Crippen LogP contribution in [-0.2, 0) is 14.4 Å². The minimum atomic E-state index is -0.609. The number of nitrogens with zero attached hydrogens (tertiary/aromatic N) is 2. The van der Waals surface area contributed by atoms with Crippen LogP contribution in [0.4, 0.5) is 10.8 Å². The first kappa shape index (κ1) is 29.8. The van der Waals surface area contributed by atoms with E-state index in [-0.39, 0.29) is 42.1 Å². The number of ether oxygens (including phenoxy) is 3. The van der Waals surface area contributed by atoms with Gasteiger partial charge < -0.3 is 14.2 Å². The van der Waals surface area contributed by atoms with Crippen LogP contribution >= 0.6 is 22.9 Å². The molecule has 0 atom stereocenters. The first-order valence-corrected chi connectivity index (χ1v) is 13.8. The lowest BCUT2D eigenvalue weighted by Crippen LogP contribution is -2.26. The third kappa shape index (κ3) is 8.11. The summed E-state index contributed by atoms with van der Waals surface area (Å²) in [4.78, 5) is 57.0. The van der Waals surface area contributed by atoms with Crippen molar-refractivity contribution < 1.29 is 33.4 Å². The summed E-state index contributed by atoms with van der Waals surface area (Å²) in [6, 6.07) is 9.17. The lowest BCUT2D eigenvalue weighted by Gasteiger charge is -2.22. The Bertz CT molecular complexity index is 1270. The zero-order valence-electron chi connectivity index (χ0n) is 21.9. The Kier molecular flexibility index (Phi) is 11.0. The summed E-state index contributed by atoms with van der Waals surface area (Å²) in [5.74, 6) is -3.03. The van der Waals surface area contributed by atoms with Crippen molar-refractivity contribution in [3.8, 4) is 17.2 Å². The minimum absolute atomic E-state index is 0.00837. The quantitative estimate of drug-likeness (QED) is 0.170. The van der Waals surface area contributed by atoms with E-state index in [1.54, 1.807) is 56.6 Å². The largest absolute Gasteiger partial charge is 0.422 e. The number of carbonyl (C=O) groups excluding carboxylic acids is 4. The minimum Gasteiger partial charge on any atom is -0.422 e. The van der Waals surface area contributed by atoms with Gasteiger partial charge in [-0.2, -0.15) is 0 Å². The lowest BCUT2D eigenvalue weighted by molar-refractivity contribution is -0.138. The predicted molar refractivity (Wildman–Crippen MR) is 148 cm³/mol. The molecule has 11 heteroatoms. The highest BCUT2D eigenvalue weighted by Crippen LogP contribution is 2.41. The van der Waals surface area contributed by atoms with E-state index in [4.69, 9.17) is 25.8 Å². The third-order valence-electron chi connectivity index (χ3n) is 5.19. The Balaban J connectivity index is 2.18.